The third kappa shape index (κ3) is 3.74. The van der Waals surface area contributed by atoms with Crippen molar-refractivity contribution in [3.63, 3.8) is 0 Å². The highest BCUT2D eigenvalue weighted by Crippen LogP contribution is 2.25. The van der Waals surface area contributed by atoms with Gasteiger partial charge in [-0.2, -0.15) is 4.39 Å². The highest BCUT2D eigenvalue weighted by molar-refractivity contribution is 5.37. The number of benzene rings is 1. The molecule has 0 radical (unpaired) electrons. The summed E-state index contributed by atoms with van der Waals surface area (Å²) in [6.45, 7) is 0.137. The molecule has 0 saturated heterocycles. The van der Waals surface area contributed by atoms with E-state index in [2.05, 4.69) is 5.32 Å². The molecule has 1 aromatic carbocycles. The van der Waals surface area contributed by atoms with Gasteiger partial charge in [0.25, 0.3) is 0 Å². The molecule has 7 heteroatoms. The lowest BCUT2D eigenvalue weighted by Crippen LogP contribution is -2.39. The number of rotatable bonds is 5. The first kappa shape index (κ1) is 15.8. The third-order valence-corrected chi connectivity index (χ3v) is 4.01. The minimum absolute atomic E-state index is 0.0484. The fraction of sp³-hybridized carbons (Fsp3) is 0.571. The molecule has 1 aliphatic carbocycles. The molecule has 1 aliphatic rings. The molecule has 0 bridgehead atoms. The first-order chi connectivity index (χ1) is 10.0. The molecule has 0 aromatic heterocycles. The van der Waals surface area contributed by atoms with Crippen LogP contribution in [0.25, 0.3) is 0 Å². The summed E-state index contributed by atoms with van der Waals surface area (Å²) in [4.78, 5) is 9.81. The zero-order valence-electron chi connectivity index (χ0n) is 11.5. The van der Waals surface area contributed by atoms with E-state index in [4.69, 9.17) is 0 Å². The van der Waals surface area contributed by atoms with Gasteiger partial charge in [0.05, 0.1) is 4.92 Å². The van der Waals surface area contributed by atoms with Crippen LogP contribution >= 0.6 is 0 Å². The van der Waals surface area contributed by atoms with Crippen LogP contribution in [-0.2, 0) is 6.54 Å². The number of aliphatic hydroxyl groups is 1. The number of nitro groups is 1. The molecular formula is C14H18F2N2O3. The van der Waals surface area contributed by atoms with Crippen LogP contribution in [0.5, 0.6) is 0 Å². The van der Waals surface area contributed by atoms with Crippen molar-refractivity contribution in [1.29, 1.82) is 0 Å². The molecule has 2 unspecified atom stereocenters. The van der Waals surface area contributed by atoms with Gasteiger partial charge in [-0.05, 0) is 18.8 Å². The monoisotopic (exact) mass is 300 g/mol. The molecule has 0 spiro atoms. The minimum atomic E-state index is -1.17. The van der Waals surface area contributed by atoms with E-state index in [1.807, 2.05) is 0 Å². The van der Waals surface area contributed by atoms with Gasteiger partial charge in [-0.1, -0.05) is 12.8 Å². The quantitative estimate of drug-likeness (QED) is 0.647. The number of hydrogen-bond donors (Lipinski definition) is 2. The summed E-state index contributed by atoms with van der Waals surface area (Å²) >= 11 is 0. The van der Waals surface area contributed by atoms with Crippen LogP contribution < -0.4 is 5.32 Å². The number of nitrogens with one attached hydrogen (secondary N) is 1. The fourth-order valence-electron chi connectivity index (χ4n) is 2.79. The van der Waals surface area contributed by atoms with Crippen molar-refractivity contribution in [3.05, 3.63) is 39.4 Å². The van der Waals surface area contributed by atoms with Gasteiger partial charge in [0.15, 0.2) is 0 Å². The minimum Gasteiger partial charge on any atom is -0.396 e. The number of halogens is 2. The van der Waals surface area contributed by atoms with Crippen molar-refractivity contribution in [1.82, 2.24) is 5.32 Å². The van der Waals surface area contributed by atoms with Crippen LogP contribution in [0.4, 0.5) is 14.5 Å². The Morgan fingerprint density at radius 2 is 2.00 bits per heavy atom. The predicted molar refractivity (Wildman–Crippen MR) is 72.7 cm³/mol. The lowest BCUT2D eigenvalue weighted by molar-refractivity contribution is -0.387. The zero-order chi connectivity index (χ0) is 15.4. The molecule has 5 nitrogen and oxygen atoms in total. The smallest absolute Gasteiger partial charge is 0.305 e. The maximum atomic E-state index is 13.7. The molecule has 116 valence electrons. The molecular weight excluding hydrogens is 282 g/mol. The molecule has 1 aromatic rings. The summed E-state index contributed by atoms with van der Waals surface area (Å²) in [6.07, 6.45) is 3.86. The second kappa shape index (κ2) is 6.91. The average molecular weight is 300 g/mol. The second-order valence-electron chi connectivity index (χ2n) is 5.37. The highest BCUT2D eigenvalue weighted by atomic mass is 19.1. The average Bonchev–Trinajstić information content (AvgIpc) is 2.46. The molecule has 2 rings (SSSR count). The van der Waals surface area contributed by atoms with Crippen molar-refractivity contribution < 1.29 is 18.8 Å². The van der Waals surface area contributed by atoms with Crippen LogP contribution in [0.1, 0.15) is 31.2 Å². The van der Waals surface area contributed by atoms with Crippen molar-refractivity contribution in [3.8, 4) is 0 Å². The van der Waals surface area contributed by atoms with Gasteiger partial charge < -0.3 is 10.4 Å². The number of nitrogens with zero attached hydrogens (tertiary/aromatic N) is 1. The van der Waals surface area contributed by atoms with Gasteiger partial charge in [-0.25, -0.2) is 4.39 Å². The Morgan fingerprint density at radius 1 is 1.29 bits per heavy atom. The Hall–Kier alpha value is -1.60. The molecule has 21 heavy (non-hydrogen) atoms. The van der Waals surface area contributed by atoms with E-state index >= 15 is 0 Å². The second-order valence-corrected chi connectivity index (χ2v) is 5.37. The summed E-state index contributed by atoms with van der Waals surface area (Å²) in [6, 6.07) is 1.51. The van der Waals surface area contributed by atoms with E-state index in [0.717, 1.165) is 31.7 Å². The van der Waals surface area contributed by atoms with E-state index in [1.165, 1.54) is 0 Å². The third-order valence-electron chi connectivity index (χ3n) is 4.01. The van der Waals surface area contributed by atoms with E-state index in [9.17, 15) is 24.0 Å². The molecule has 1 fully saturated rings. The molecule has 1 saturated carbocycles. The first-order valence-electron chi connectivity index (χ1n) is 6.99. The van der Waals surface area contributed by atoms with Crippen LogP contribution in [0.15, 0.2) is 12.1 Å². The molecule has 2 N–H and O–H groups in total. The normalized spacial score (nSPS) is 22.2. The summed E-state index contributed by atoms with van der Waals surface area (Å²) < 4.78 is 26.9. The number of nitro benzene ring substituents is 1. The lowest BCUT2D eigenvalue weighted by Gasteiger charge is -2.31. The SMILES string of the molecule is O=[N+]([O-])c1cc(CNC2CCCCC2CO)c(F)cc1F. The van der Waals surface area contributed by atoms with Gasteiger partial charge in [0, 0.05) is 36.9 Å². The van der Waals surface area contributed by atoms with E-state index in [1.54, 1.807) is 0 Å². The van der Waals surface area contributed by atoms with Crippen LogP contribution in [0.2, 0.25) is 0 Å². The van der Waals surface area contributed by atoms with Gasteiger partial charge in [-0.3, -0.25) is 10.1 Å². The highest BCUT2D eigenvalue weighted by Gasteiger charge is 2.25. The Labute approximate surface area is 121 Å². The lowest BCUT2D eigenvalue weighted by atomic mass is 9.85. The van der Waals surface area contributed by atoms with Gasteiger partial charge in [-0.15, -0.1) is 0 Å². The zero-order valence-corrected chi connectivity index (χ0v) is 11.5. The largest absolute Gasteiger partial charge is 0.396 e. The van der Waals surface area contributed by atoms with Crippen molar-refractivity contribution >= 4 is 5.69 Å². The topological polar surface area (TPSA) is 75.4 Å². The van der Waals surface area contributed by atoms with Crippen LogP contribution in [-0.4, -0.2) is 22.7 Å². The Balaban J connectivity index is 2.08. The van der Waals surface area contributed by atoms with Gasteiger partial charge in [0.2, 0.25) is 5.82 Å². The molecule has 0 aliphatic heterocycles. The van der Waals surface area contributed by atoms with E-state index in [0.29, 0.717) is 6.07 Å². The Kier molecular flexibility index (Phi) is 5.19. The van der Waals surface area contributed by atoms with Crippen molar-refractivity contribution in [2.45, 2.75) is 38.3 Å². The van der Waals surface area contributed by atoms with Crippen molar-refractivity contribution in [2.24, 2.45) is 5.92 Å². The van der Waals surface area contributed by atoms with Crippen LogP contribution in [0.3, 0.4) is 0 Å². The summed E-state index contributed by atoms with van der Waals surface area (Å²) in [5.41, 5.74) is -0.666. The van der Waals surface area contributed by atoms with E-state index < -0.39 is 22.2 Å². The van der Waals surface area contributed by atoms with Gasteiger partial charge >= 0.3 is 5.69 Å². The molecule has 2 atom stereocenters. The Bertz CT molecular complexity index is 525. The number of hydrogen-bond acceptors (Lipinski definition) is 4. The van der Waals surface area contributed by atoms with Crippen molar-refractivity contribution in [2.75, 3.05) is 6.61 Å². The van der Waals surface area contributed by atoms with E-state index in [-0.39, 0.29) is 30.7 Å². The van der Waals surface area contributed by atoms with Crippen LogP contribution in [0, 0.1) is 27.7 Å². The Morgan fingerprint density at radius 3 is 2.67 bits per heavy atom. The summed E-state index contributed by atoms with van der Waals surface area (Å²) in [7, 11) is 0. The molecule has 0 heterocycles. The summed E-state index contributed by atoms with van der Waals surface area (Å²) in [5.74, 6) is -1.87. The fourth-order valence-corrected chi connectivity index (χ4v) is 2.79. The summed E-state index contributed by atoms with van der Waals surface area (Å²) in [5, 5.41) is 23.1. The first-order valence-corrected chi connectivity index (χ1v) is 6.99. The number of aliphatic hydroxyl groups excluding tert-OH is 1. The molecule has 0 amide bonds. The maximum absolute atomic E-state index is 13.7. The predicted octanol–water partition coefficient (Wildman–Crippen LogP) is 2.51. The standard InChI is InChI=1S/C14H18F2N2O3/c15-11-6-12(16)14(18(20)21)5-10(11)7-17-13-4-2-1-3-9(13)8-19/h5-6,9,13,17,19H,1-4,7-8H2. The maximum Gasteiger partial charge on any atom is 0.305 e. The van der Waals surface area contributed by atoms with Gasteiger partial charge in [0.1, 0.15) is 5.82 Å².